The fourth-order valence-corrected chi connectivity index (χ4v) is 2.45. The van der Waals surface area contributed by atoms with Crippen LogP contribution in [0, 0.1) is 6.92 Å². The number of ether oxygens (including phenoxy) is 1. The predicted octanol–water partition coefficient (Wildman–Crippen LogP) is 3.13. The quantitative estimate of drug-likeness (QED) is 0.831. The van der Waals surface area contributed by atoms with Crippen LogP contribution in [0.1, 0.15) is 50.8 Å². The van der Waals surface area contributed by atoms with E-state index in [1.807, 2.05) is 20.8 Å². The summed E-state index contributed by atoms with van der Waals surface area (Å²) in [4.78, 5) is 12.0. The Balaban J connectivity index is 1.98. The number of carbonyl (C=O) groups is 1. The molecule has 0 aliphatic carbocycles. The van der Waals surface area contributed by atoms with Gasteiger partial charge in [-0.25, -0.2) is 0 Å². The van der Waals surface area contributed by atoms with E-state index in [-0.39, 0.29) is 18.1 Å². The van der Waals surface area contributed by atoms with E-state index in [9.17, 15) is 4.79 Å². The standard InChI is InChI=1S/C16H23NO2/c1-11-6-5-7-12(10-11)13-8-9-14(17-13)15(18)19-16(2,3)4/h5-7,10,13-14,17H,8-9H2,1-4H3/t13-,14+/m1/s1. The van der Waals surface area contributed by atoms with Crippen molar-refractivity contribution in [3.8, 4) is 0 Å². The van der Waals surface area contributed by atoms with Crippen molar-refractivity contribution >= 4 is 5.97 Å². The third kappa shape index (κ3) is 3.80. The molecule has 0 unspecified atom stereocenters. The molecular formula is C16H23NO2. The van der Waals surface area contributed by atoms with Crippen molar-refractivity contribution in [2.24, 2.45) is 0 Å². The van der Waals surface area contributed by atoms with Gasteiger partial charge in [0.1, 0.15) is 11.6 Å². The third-order valence-electron chi connectivity index (χ3n) is 3.28. The number of aryl methyl sites for hydroxylation is 1. The van der Waals surface area contributed by atoms with Crippen molar-refractivity contribution in [2.45, 2.75) is 58.2 Å². The highest BCUT2D eigenvalue weighted by atomic mass is 16.6. The van der Waals surface area contributed by atoms with Gasteiger partial charge in [-0.15, -0.1) is 0 Å². The number of rotatable bonds is 2. The molecule has 104 valence electrons. The molecule has 1 saturated heterocycles. The highest BCUT2D eigenvalue weighted by Gasteiger charge is 2.32. The summed E-state index contributed by atoms with van der Waals surface area (Å²) >= 11 is 0. The summed E-state index contributed by atoms with van der Waals surface area (Å²) in [5.41, 5.74) is 2.09. The summed E-state index contributed by atoms with van der Waals surface area (Å²) in [6.45, 7) is 7.79. The first-order valence-electron chi connectivity index (χ1n) is 6.90. The van der Waals surface area contributed by atoms with Crippen molar-refractivity contribution in [3.05, 3.63) is 35.4 Å². The van der Waals surface area contributed by atoms with Gasteiger partial charge in [0.15, 0.2) is 0 Å². The smallest absolute Gasteiger partial charge is 0.323 e. The lowest BCUT2D eigenvalue weighted by atomic mass is 10.0. The molecule has 1 N–H and O–H groups in total. The number of nitrogens with one attached hydrogen (secondary N) is 1. The lowest BCUT2D eigenvalue weighted by Gasteiger charge is -2.22. The predicted molar refractivity (Wildman–Crippen MR) is 75.9 cm³/mol. The fourth-order valence-electron chi connectivity index (χ4n) is 2.45. The van der Waals surface area contributed by atoms with Crippen LogP contribution in [0.15, 0.2) is 24.3 Å². The summed E-state index contributed by atoms with van der Waals surface area (Å²) in [6, 6.07) is 8.52. The zero-order chi connectivity index (χ0) is 14.0. The Labute approximate surface area is 115 Å². The molecule has 0 amide bonds. The van der Waals surface area contributed by atoms with Crippen LogP contribution in [0.3, 0.4) is 0 Å². The maximum Gasteiger partial charge on any atom is 0.323 e. The Hall–Kier alpha value is -1.35. The van der Waals surface area contributed by atoms with Gasteiger partial charge in [0.2, 0.25) is 0 Å². The summed E-state index contributed by atoms with van der Waals surface area (Å²) < 4.78 is 5.43. The fraction of sp³-hybridized carbons (Fsp3) is 0.562. The van der Waals surface area contributed by atoms with Gasteiger partial charge in [0.25, 0.3) is 0 Å². The van der Waals surface area contributed by atoms with E-state index in [4.69, 9.17) is 4.74 Å². The molecule has 0 aromatic heterocycles. The Kier molecular flexibility index (Phi) is 3.95. The van der Waals surface area contributed by atoms with E-state index in [2.05, 4.69) is 36.5 Å². The average Bonchev–Trinajstić information content (AvgIpc) is 2.75. The van der Waals surface area contributed by atoms with Crippen molar-refractivity contribution in [3.63, 3.8) is 0 Å². The molecular weight excluding hydrogens is 238 g/mol. The van der Waals surface area contributed by atoms with Crippen molar-refractivity contribution < 1.29 is 9.53 Å². The van der Waals surface area contributed by atoms with Gasteiger partial charge in [-0.3, -0.25) is 10.1 Å². The van der Waals surface area contributed by atoms with E-state index in [1.54, 1.807) is 0 Å². The zero-order valence-electron chi connectivity index (χ0n) is 12.2. The number of hydrogen-bond donors (Lipinski definition) is 1. The Morgan fingerprint density at radius 2 is 2.05 bits per heavy atom. The molecule has 1 fully saturated rings. The van der Waals surface area contributed by atoms with Gasteiger partial charge in [0, 0.05) is 6.04 Å². The van der Waals surface area contributed by atoms with E-state index in [1.165, 1.54) is 11.1 Å². The summed E-state index contributed by atoms with van der Waals surface area (Å²) in [6.07, 6.45) is 1.82. The van der Waals surface area contributed by atoms with Crippen molar-refractivity contribution in [2.75, 3.05) is 0 Å². The first-order chi connectivity index (χ1) is 8.85. The zero-order valence-corrected chi connectivity index (χ0v) is 12.2. The van der Waals surface area contributed by atoms with Gasteiger partial charge in [-0.1, -0.05) is 29.8 Å². The number of benzene rings is 1. The molecule has 0 saturated carbocycles. The van der Waals surface area contributed by atoms with Crippen LogP contribution >= 0.6 is 0 Å². The third-order valence-corrected chi connectivity index (χ3v) is 3.28. The second kappa shape index (κ2) is 5.33. The second-order valence-electron chi connectivity index (χ2n) is 6.30. The maximum absolute atomic E-state index is 12.0. The molecule has 1 aliphatic heterocycles. The maximum atomic E-state index is 12.0. The first kappa shape index (κ1) is 14.1. The van der Waals surface area contributed by atoms with E-state index in [0.29, 0.717) is 0 Å². The second-order valence-corrected chi connectivity index (χ2v) is 6.30. The van der Waals surface area contributed by atoms with Crippen LogP contribution in [0.4, 0.5) is 0 Å². The molecule has 0 radical (unpaired) electrons. The minimum absolute atomic E-state index is 0.136. The number of esters is 1. The lowest BCUT2D eigenvalue weighted by Crippen LogP contribution is -2.38. The number of carbonyl (C=O) groups excluding carboxylic acids is 1. The molecule has 2 rings (SSSR count). The molecule has 0 bridgehead atoms. The number of hydrogen-bond acceptors (Lipinski definition) is 3. The molecule has 1 aliphatic rings. The highest BCUT2D eigenvalue weighted by Crippen LogP contribution is 2.28. The average molecular weight is 261 g/mol. The summed E-state index contributed by atoms with van der Waals surface area (Å²) in [7, 11) is 0. The minimum atomic E-state index is -0.416. The molecule has 1 aromatic carbocycles. The molecule has 1 aromatic rings. The largest absolute Gasteiger partial charge is 0.459 e. The van der Waals surface area contributed by atoms with Gasteiger partial charge in [-0.2, -0.15) is 0 Å². The van der Waals surface area contributed by atoms with Crippen LogP contribution in [0.5, 0.6) is 0 Å². The van der Waals surface area contributed by atoms with Crippen LogP contribution in [0.25, 0.3) is 0 Å². The molecule has 0 spiro atoms. The van der Waals surface area contributed by atoms with Crippen LogP contribution < -0.4 is 5.32 Å². The van der Waals surface area contributed by atoms with Crippen LogP contribution in [-0.2, 0) is 9.53 Å². The summed E-state index contributed by atoms with van der Waals surface area (Å²) in [5, 5.41) is 3.38. The van der Waals surface area contributed by atoms with Crippen LogP contribution in [0.2, 0.25) is 0 Å². The van der Waals surface area contributed by atoms with Crippen molar-refractivity contribution in [1.29, 1.82) is 0 Å². The topological polar surface area (TPSA) is 38.3 Å². The van der Waals surface area contributed by atoms with Gasteiger partial charge < -0.3 is 4.74 Å². The normalized spacial score (nSPS) is 23.4. The molecule has 1 heterocycles. The Morgan fingerprint density at radius 3 is 2.68 bits per heavy atom. The Bertz CT molecular complexity index is 462. The van der Waals surface area contributed by atoms with Gasteiger partial charge in [0.05, 0.1) is 0 Å². The first-order valence-corrected chi connectivity index (χ1v) is 6.90. The molecule has 3 heteroatoms. The van der Waals surface area contributed by atoms with Gasteiger partial charge >= 0.3 is 5.97 Å². The van der Waals surface area contributed by atoms with E-state index < -0.39 is 5.60 Å². The molecule has 3 nitrogen and oxygen atoms in total. The van der Waals surface area contributed by atoms with E-state index in [0.717, 1.165) is 12.8 Å². The molecule has 2 atom stereocenters. The van der Waals surface area contributed by atoms with Crippen molar-refractivity contribution in [1.82, 2.24) is 5.32 Å². The monoisotopic (exact) mass is 261 g/mol. The van der Waals surface area contributed by atoms with Crippen LogP contribution in [-0.4, -0.2) is 17.6 Å². The molecule has 19 heavy (non-hydrogen) atoms. The SMILES string of the molecule is Cc1cccc([C@H]2CC[C@@H](C(=O)OC(C)(C)C)N2)c1. The van der Waals surface area contributed by atoms with Gasteiger partial charge in [-0.05, 0) is 46.1 Å². The minimum Gasteiger partial charge on any atom is -0.459 e. The van der Waals surface area contributed by atoms with E-state index >= 15 is 0 Å². The Morgan fingerprint density at radius 1 is 1.32 bits per heavy atom. The summed E-state index contributed by atoms with van der Waals surface area (Å²) in [5.74, 6) is -0.136. The lowest BCUT2D eigenvalue weighted by molar-refractivity contribution is -0.157. The highest BCUT2D eigenvalue weighted by molar-refractivity contribution is 5.76.